The molecule has 48 heavy (non-hydrogen) atoms. The molecule has 0 saturated heterocycles. The van der Waals surface area contributed by atoms with Gasteiger partial charge >= 0.3 is 18.1 Å². The highest BCUT2D eigenvalue weighted by Gasteiger charge is 2.44. The normalized spacial score (nSPS) is 13.9. The third-order valence-electron chi connectivity index (χ3n) is 7.67. The number of alkyl halides is 3. The van der Waals surface area contributed by atoms with Crippen LogP contribution in [-0.2, 0) is 48.3 Å². The maximum Gasteiger partial charge on any atom is 0.490 e. The predicted molar refractivity (Wildman–Crippen MR) is 169 cm³/mol. The second-order valence-electron chi connectivity index (χ2n) is 11.7. The Morgan fingerprint density at radius 2 is 1.52 bits per heavy atom. The highest BCUT2D eigenvalue weighted by atomic mass is 32.2. The van der Waals surface area contributed by atoms with Crippen LogP contribution in [0.4, 0.5) is 22.0 Å². The molecule has 3 atom stereocenters. The van der Waals surface area contributed by atoms with Crippen LogP contribution in [0.1, 0.15) is 69.6 Å². The summed E-state index contributed by atoms with van der Waals surface area (Å²) in [5, 5.41) is 13.9. The molecule has 0 fully saturated rings. The molecule has 0 aromatic heterocycles. The summed E-state index contributed by atoms with van der Waals surface area (Å²) in [5.74, 6) is -9.86. The number of halogens is 5. The lowest BCUT2D eigenvalue weighted by Crippen LogP contribution is -2.53. The van der Waals surface area contributed by atoms with Crippen LogP contribution in [0.25, 0.3) is 0 Å². The van der Waals surface area contributed by atoms with Crippen molar-refractivity contribution in [2.45, 2.75) is 95.8 Å². The number of carboxylic acid groups (broad SMARTS) is 1. The van der Waals surface area contributed by atoms with Crippen LogP contribution in [0, 0.1) is 17.6 Å². The quantitative estimate of drug-likeness (QED) is 0.125. The SMILES string of the molecule is CCCC(CCC)S(=O)(=O)CC(CC(=O)O)C(=O)N[C@@H](Cc1cc(F)cc(F)c1)[C@@H](CNCc1cccc(CC)c1)OC(=O)C(F)(F)F. The third kappa shape index (κ3) is 13.5. The van der Waals surface area contributed by atoms with Gasteiger partial charge in [-0.25, -0.2) is 22.0 Å². The molecule has 0 aliphatic carbocycles. The van der Waals surface area contributed by atoms with Crippen molar-refractivity contribution in [3.8, 4) is 0 Å². The van der Waals surface area contributed by atoms with Crippen molar-refractivity contribution < 1.29 is 54.6 Å². The van der Waals surface area contributed by atoms with Gasteiger partial charge in [-0.2, -0.15) is 13.2 Å². The molecule has 2 rings (SSSR count). The number of hydrogen-bond acceptors (Lipinski definition) is 7. The molecule has 0 saturated carbocycles. The summed E-state index contributed by atoms with van der Waals surface area (Å²) in [6.07, 6.45) is -6.48. The van der Waals surface area contributed by atoms with E-state index in [2.05, 4.69) is 10.6 Å². The van der Waals surface area contributed by atoms with Crippen molar-refractivity contribution in [2.24, 2.45) is 5.92 Å². The Kier molecular flexibility index (Phi) is 15.9. The number of carbonyl (C=O) groups is 3. The van der Waals surface area contributed by atoms with E-state index in [1.807, 2.05) is 19.1 Å². The van der Waals surface area contributed by atoms with Gasteiger partial charge in [0.1, 0.15) is 17.7 Å². The molecule has 15 heteroatoms. The van der Waals surface area contributed by atoms with Crippen molar-refractivity contribution in [2.75, 3.05) is 12.3 Å². The minimum Gasteiger partial charge on any atom is -0.481 e. The zero-order chi connectivity index (χ0) is 36.1. The number of carboxylic acids is 1. The van der Waals surface area contributed by atoms with Crippen molar-refractivity contribution in [3.63, 3.8) is 0 Å². The van der Waals surface area contributed by atoms with Gasteiger partial charge in [0.2, 0.25) is 5.91 Å². The summed E-state index contributed by atoms with van der Waals surface area (Å²) in [6, 6.07) is 7.93. The van der Waals surface area contributed by atoms with E-state index in [0.29, 0.717) is 25.3 Å². The van der Waals surface area contributed by atoms with Gasteiger partial charge in [-0.3, -0.25) is 9.59 Å². The molecule has 1 unspecified atom stereocenters. The third-order valence-corrected chi connectivity index (χ3v) is 10.0. The van der Waals surface area contributed by atoms with Gasteiger partial charge in [-0.15, -0.1) is 0 Å². The first kappa shape index (κ1) is 40.6. The van der Waals surface area contributed by atoms with Crippen molar-refractivity contribution in [1.82, 2.24) is 10.6 Å². The second-order valence-corrected chi connectivity index (χ2v) is 14.0. The molecule has 0 radical (unpaired) electrons. The summed E-state index contributed by atoms with van der Waals surface area (Å²) < 4.78 is 99.8. The highest BCUT2D eigenvalue weighted by Crippen LogP contribution is 2.23. The summed E-state index contributed by atoms with van der Waals surface area (Å²) >= 11 is 0. The standard InChI is InChI=1S/C33H43F5N2O7S/c1-4-8-27(9-5-2)48(45,46)20-24(16-30(41)42)31(43)40-28(15-23-13-25(34)17-26(35)14-23)29(47-32(44)33(36,37)38)19-39-18-22-11-7-10-21(6-3)12-22/h7,10-14,17,24,27-29,39H,4-6,8-9,15-16,18-20H2,1-3H3,(H,40,43)(H,41,42)/t24?,28-,29+/m0/s1. The molecule has 2 aromatic rings. The Balaban J connectivity index is 2.51. The zero-order valence-electron chi connectivity index (χ0n) is 27.1. The van der Waals surface area contributed by atoms with Crippen LogP contribution in [0.3, 0.4) is 0 Å². The monoisotopic (exact) mass is 706 g/mol. The molecule has 0 aliphatic heterocycles. The summed E-state index contributed by atoms with van der Waals surface area (Å²) in [5.41, 5.74) is 1.59. The van der Waals surface area contributed by atoms with Crippen LogP contribution in [0.5, 0.6) is 0 Å². The van der Waals surface area contributed by atoms with E-state index >= 15 is 0 Å². The van der Waals surface area contributed by atoms with Crippen molar-refractivity contribution in [3.05, 3.63) is 70.8 Å². The lowest BCUT2D eigenvalue weighted by molar-refractivity contribution is -0.206. The van der Waals surface area contributed by atoms with Gasteiger partial charge in [0.05, 0.1) is 29.4 Å². The Hall–Kier alpha value is -3.59. The van der Waals surface area contributed by atoms with Crippen LogP contribution in [-0.4, -0.2) is 67.2 Å². The number of rotatable bonds is 20. The average Bonchev–Trinajstić information content (AvgIpc) is 2.98. The lowest BCUT2D eigenvalue weighted by atomic mass is 9.98. The van der Waals surface area contributed by atoms with Crippen molar-refractivity contribution >= 4 is 27.7 Å². The van der Waals surface area contributed by atoms with Gasteiger partial charge in [0.15, 0.2) is 9.84 Å². The number of hydrogen-bond donors (Lipinski definition) is 3. The number of ether oxygens (including phenoxy) is 1. The summed E-state index contributed by atoms with van der Waals surface area (Å²) in [6.45, 7) is 5.09. The number of benzene rings is 2. The molecule has 2 aromatic carbocycles. The molecule has 268 valence electrons. The minimum absolute atomic E-state index is 0.0965. The maximum absolute atomic E-state index is 14.1. The van der Waals surface area contributed by atoms with Gasteiger partial charge in [0.25, 0.3) is 0 Å². The highest BCUT2D eigenvalue weighted by molar-refractivity contribution is 7.92. The van der Waals surface area contributed by atoms with Gasteiger partial charge in [-0.05, 0) is 54.5 Å². The van der Waals surface area contributed by atoms with E-state index in [0.717, 1.165) is 23.3 Å². The largest absolute Gasteiger partial charge is 0.490 e. The van der Waals surface area contributed by atoms with E-state index in [4.69, 9.17) is 4.74 Å². The van der Waals surface area contributed by atoms with Gasteiger partial charge in [-0.1, -0.05) is 57.9 Å². The molecule has 0 aliphatic rings. The first-order valence-electron chi connectivity index (χ1n) is 15.7. The molecule has 9 nitrogen and oxygen atoms in total. The number of carbonyl (C=O) groups excluding carboxylic acids is 2. The summed E-state index contributed by atoms with van der Waals surface area (Å²) in [4.78, 5) is 37.4. The second kappa shape index (κ2) is 18.8. The number of aryl methyl sites for hydroxylation is 1. The number of esters is 1. The molecule has 0 bridgehead atoms. The van der Waals surface area contributed by atoms with E-state index in [-0.39, 0.29) is 24.9 Å². The number of amides is 1. The molecule has 0 heterocycles. The fraction of sp³-hybridized carbons (Fsp3) is 0.545. The van der Waals surface area contributed by atoms with E-state index < -0.39 is 93.9 Å². The average molecular weight is 707 g/mol. The van der Waals surface area contributed by atoms with Crippen LogP contribution < -0.4 is 10.6 Å². The fourth-order valence-electron chi connectivity index (χ4n) is 5.35. The zero-order valence-corrected chi connectivity index (χ0v) is 27.9. The van der Waals surface area contributed by atoms with Crippen molar-refractivity contribution in [1.29, 1.82) is 0 Å². The van der Waals surface area contributed by atoms with Crippen LogP contribution >= 0.6 is 0 Å². The predicted octanol–water partition coefficient (Wildman–Crippen LogP) is 5.29. The van der Waals surface area contributed by atoms with Gasteiger partial charge in [0, 0.05) is 19.2 Å². The first-order valence-corrected chi connectivity index (χ1v) is 17.5. The molecular formula is C33H43F5N2O7S. The number of aliphatic carboxylic acids is 1. The maximum atomic E-state index is 14.1. The number of sulfone groups is 1. The lowest BCUT2D eigenvalue weighted by Gasteiger charge is -2.30. The molecule has 1 amide bonds. The smallest absolute Gasteiger partial charge is 0.481 e. The van der Waals surface area contributed by atoms with Gasteiger partial charge < -0.3 is 20.5 Å². The summed E-state index contributed by atoms with van der Waals surface area (Å²) in [7, 11) is -4.02. The Morgan fingerprint density at radius 3 is 2.06 bits per heavy atom. The topological polar surface area (TPSA) is 139 Å². The van der Waals surface area contributed by atoms with Crippen LogP contribution in [0.15, 0.2) is 42.5 Å². The molecule has 3 N–H and O–H groups in total. The molecular weight excluding hydrogens is 663 g/mol. The van der Waals surface area contributed by atoms with E-state index in [9.17, 15) is 49.9 Å². The Bertz CT molecular complexity index is 1460. The first-order chi connectivity index (χ1) is 22.5. The minimum atomic E-state index is -5.44. The Morgan fingerprint density at radius 1 is 0.917 bits per heavy atom. The van der Waals surface area contributed by atoms with Crippen LogP contribution in [0.2, 0.25) is 0 Å². The number of nitrogens with one attached hydrogen (secondary N) is 2. The van der Waals surface area contributed by atoms with E-state index in [1.165, 1.54) is 0 Å². The molecule has 0 spiro atoms. The fourth-order valence-corrected chi connectivity index (χ4v) is 7.64. The Labute approximate surface area is 277 Å². The van der Waals surface area contributed by atoms with E-state index in [1.54, 1.807) is 26.0 Å².